The Balaban J connectivity index is 1.42. The summed E-state index contributed by atoms with van der Waals surface area (Å²) in [6.07, 6.45) is 2.15. The van der Waals surface area contributed by atoms with Gasteiger partial charge in [0.25, 0.3) is 0 Å². The van der Waals surface area contributed by atoms with Crippen molar-refractivity contribution in [3.63, 3.8) is 0 Å². The Morgan fingerprint density at radius 2 is 2.14 bits per heavy atom. The predicted molar refractivity (Wildman–Crippen MR) is 105 cm³/mol. The van der Waals surface area contributed by atoms with Crippen LogP contribution < -0.4 is 16.4 Å². The molecule has 3 aliphatic heterocycles. The van der Waals surface area contributed by atoms with Gasteiger partial charge in [-0.1, -0.05) is 6.07 Å². The molecule has 1 aromatic rings. The molecule has 0 spiro atoms. The zero-order valence-corrected chi connectivity index (χ0v) is 16.0. The number of nitriles is 1. The number of carbonyl (C=O) groups excluding carboxylic acids is 3. The number of hydrogen-bond acceptors (Lipinski definition) is 6. The minimum atomic E-state index is -0.761. The van der Waals surface area contributed by atoms with Crippen LogP contribution in [0, 0.1) is 11.3 Å². The summed E-state index contributed by atoms with van der Waals surface area (Å²) in [6, 6.07) is 7.38. The van der Waals surface area contributed by atoms with Crippen molar-refractivity contribution in [2.75, 3.05) is 24.5 Å². The normalized spacial score (nSPS) is 27.3. The second-order valence-electron chi connectivity index (χ2n) is 7.91. The summed E-state index contributed by atoms with van der Waals surface area (Å²) < 4.78 is 0. The van der Waals surface area contributed by atoms with Gasteiger partial charge in [0.1, 0.15) is 6.04 Å². The summed E-state index contributed by atoms with van der Waals surface area (Å²) in [6.45, 7) is 1.45. The highest BCUT2D eigenvalue weighted by molar-refractivity contribution is 6.02. The summed E-state index contributed by atoms with van der Waals surface area (Å²) >= 11 is 0. The number of hydrogen-bond donors (Lipinski definition) is 2. The molecule has 0 saturated carbocycles. The van der Waals surface area contributed by atoms with Gasteiger partial charge in [0.2, 0.25) is 17.7 Å². The first kappa shape index (κ1) is 19.4. The van der Waals surface area contributed by atoms with E-state index >= 15 is 0 Å². The van der Waals surface area contributed by atoms with Crippen LogP contribution in [-0.2, 0) is 9.59 Å². The Kier molecular flexibility index (Phi) is 4.98. The first-order chi connectivity index (χ1) is 13.9. The Bertz CT molecular complexity index is 896. The van der Waals surface area contributed by atoms with Gasteiger partial charge >= 0.3 is 0 Å². The lowest BCUT2D eigenvalue weighted by Crippen LogP contribution is -2.56. The Hall–Kier alpha value is -2.96. The van der Waals surface area contributed by atoms with E-state index in [1.165, 1.54) is 0 Å². The predicted octanol–water partition coefficient (Wildman–Crippen LogP) is -0.583. The van der Waals surface area contributed by atoms with E-state index in [4.69, 9.17) is 11.5 Å². The van der Waals surface area contributed by atoms with Crippen molar-refractivity contribution in [3.05, 3.63) is 29.8 Å². The quantitative estimate of drug-likeness (QED) is 0.683. The molecule has 29 heavy (non-hydrogen) atoms. The summed E-state index contributed by atoms with van der Waals surface area (Å²) in [7, 11) is 0. The zero-order valence-electron chi connectivity index (χ0n) is 16.0. The minimum Gasteiger partial charge on any atom is -0.366 e. The summed E-state index contributed by atoms with van der Waals surface area (Å²) in [5.74, 6) is -0.818. The van der Waals surface area contributed by atoms with Crippen LogP contribution in [0.4, 0.5) is 5.69 Å². The van der Waals surface area contributed by atoms with Gasteiger partial charge in [0.15, 0.2) is 0 Å². The van der Waals surface area contributed by atoms with E-state index in [9.17, 15) is 19.6 Å². The van der Waals surface area contributed by atoms with Crippen molar-refractivity contribution in [1.82, 2.24) is 9.80 Å². The van der Waals surface area contributed by atoms with E-state index in [2.05, 4.69) is 6.07 Å². The third-order valence-electron chi connectivity index (χ3n) is 6.11. The highest BCUT2D eigenvalue weighted by Crippen LogP contribution is 2.36. The van der Waals surface area contributed by atoms with Gasteiger partial charge in [0, 0.05) is 30.9 Å². The Labute approximate surface area is 168 Å². The fourth-order valence-corrected chi connectivity index (χ4v) is 4.72. The highest BCUT2D eigenvalue weighted by atomic mass is 16.2. The molecule has 3 amide bonds. The number of rotatable bonds is 5. The number of amides is 3. The van der Waals surface area contributed by atoms with Crippen LogP contribution in [0.25, 0.3) is 0 Å². The average molecular weight is 396 g/mol. The van der Waals surface area contributed by atoms with E-state index in [1.807, 2.05) is 4.90 Å². The summed E-state index contributed by atoms with van der Waals surface area (Å²) in [5, 5.41) is 9.19. The number of carbonyl (C=O) groups is 3. The van der Waals surface area contributed by atoms with Crippen LogP contribution in [0.1, 0.15) is 29.6 Å². The monoisotopic (exact) mass is 396 g/mol. The number of fused-ring (bicyclic) bond motifs is 2. The van der Waals surface area contributed by atoms with Crippen molar-refractivity contribution in [2.45, 2.75) is 43.4 Å². The van der Waals surface area contributed by atoms with Crippen molar-refractivity contribution in [1.29, 1.82) is 5.26 Å². The van der Waals surface area contributed by atoms with Crippen LogP contribution in [0.3, 0.4) is 0 Å². The number of piperazine rings is 1. The lowest BCUT2D eigenvalue weighted by atomic mass is 10.1. The Morgan fingerprint density at radius 3 is 2.83 bits per heavy atom. The molecule has 3 heterocycles. The molecule has 4 rings (SSSR count). The molecular weight excluding hydrogens is 372 g/mol. The molecule has 0 aromatic heterocycles. The van der Waals surface area contributed by atoms with E-state index in [0.717, 1.165) is 6.42 Å². The minimum absolute atomic E-state index is 0.0310. The van der Waals surface area contributed by atoms with Crippen molar-refractivity contribution in [3.8, 4) is 6.07 Å². The molecule has 3 fully saturated rings. The lowest BCUT2D eigenvalue weighted by Gasteiger charge is -2.35. The number of primary amides is 1. The largest absolute Gasteiger partial charge is 0.366 e. The van der Waals surface area contributed by atoms with Gasteiger partial charge in [-0.05, 0) is 37.5 Å². The summed E-state index contributed by atoms with van der Waals surface area (Å²) in [5.41, 5.74) is 12.5. The van der Waals surface area contributed by atoms with Gasteiger partial charge in [-0.2, -0.15) is 5.26 Å². The third-order valence-corrected chi connectivity index (χ3v) is 6.11. The van der Waals surface area contributed by atoms with Gasteiger partial charge in [-0.25, -0.2) is 0 Å². The molecule has 3 aliphatic rings. The molecule has 9 heteroatoms. The molecule has 1 aromatic carbocycles. The Morgan fingerprint density at radius 1 is 1.34 bits per heavy atom. The third kappa shape index (κ3) is 3.34. The maximum Gasteiger partial charge on any atom is 0.248 e. The molecule has 0 radical (unpaired) electrons. The summed E-state index contributed by atoms with van der Waals surface area (Å²) in [4.78, 5) is 42.3. The standard InChI is InChI=1S/C20H24N6O3/c21-9-14-5-2-6-25(14)19(28)16(22)11-24-10-15-8-17(24)20(29)26(15)13-4-1-3-12(7-13)18(23)27/h1,3-4,7,14-17H,2,5-6,8,10-11,22H2,(H2,23,27)/t14?,15?,16?,17-/m0/s1. The number of anilines is 1. The number of benzene rings is 1. The topological polar surface area (TPSA) is 137 Å². The SMILES string of the molecule is N#CC1CCCN1C(=O)C(N)CN1CC2C[C@H]1C(=O)N2c1cccc(C(N)=O)c1. The van der Waals surface area contributed by atoms with Crippen molar-refractivity contribution in [2.24, 2.45) is 11.5 Å². The average Bonchev–Trinajstić information content (AvgIpc) is 3.41. The van der Waals surface area contributed by atoms with E-state index < -0.39 is 18.0 Å². The molecule has 3 saturated heterocycles. The first-order valence-corrected chi connectivity index (χ1v) is 9.83. The highest BCUT2D eigenvalue weighted by Gasteiger charge is 2.50. The second kappa shape index (κ2) is 7.46. The van der Waals surface area contributed by atoms with Crippen LogP contribution in [0.5, 0.6) is 0 Å². The molecule has 4 N–H and O–H groups in total. The van der Waals surface area contributed by atoms with E-state index in [0.29, 0.717) is 37.2 Å². The molecule has 0 aliphatic carbocycles. The first-order valence-electron chi connectivity index (χ1n) is 9.83. The number of likely N-dealkylation sites (tertiary alicyclic amines) is 2. The van der Waals surface area contributed by atoms with Crippen LogP contribution in [-0.4, -0.2) is 71.3 Å². The molecule has 4 atom stereocenters. The smallest absolute Gasteiger partial charge is 0.248 e. The molecule has 9 nitrogen and oxygen atoms in total. The maximum absolute atomic E-state index is 13.0. The van der Waals surface area contributed by atoms with Crippen LogP contribution in [0.2, 0.25) is 0 Å². The number of nitrogens with two attached hydrogens (primary N) is 2. The zero-order chi connectivity index (χ0) is 20.7. The molecule has 152 valence electrons. The van der Waals surface area contributed by atoms with Gasteiger partial charge in [0.05, 0.1) is 24.2 Å². The number of nitrogens with zero attached hydrogens (tertiary/aromatic N) is 4. The maximum atomic E-state index is 13.0. The van der Waals surface area contributed by atoms with Gasteiger partial charge in [-0.15, -0.1) is 0 Å². The van der Waals surface area contributed by atoms with Gasteiger partial charge in [-0.3, -0.25) is 19.3 Å². The lowest BCUT2D eigenvalue weighted by molar-refractivity contribution is -0.134. The molecule has 3 unspecified atom stereocenters. The second-order valence-corrected chi connectivity index (χ2v) is 7.91. The van der Waals surface area contributed by atoms with Crippen molar-refractivity contribution >= 4 is 23.4 Å². The van der Waals surface area contributed by atoms with Gasteiger partial charge < -0.3 is 21.3 Å². The fourth-order valence-electron chi connectivity index (χ4n) is 4.72. The van der Waals surface area contributed by atoms with Crippen LogP contribution in [0.15, 0.2) is 24.3 Å². The molecule has 2 bridgehead atoms. The van der Waals surface area contributed by atoms with Crippen LogP contribution >= 0.6 is 0 Å². The van der Waals surface area contributed by atoms with E-state index in [-0.39, 0.29) is 30.4 Å². The fraction of sp³-hybridized carbons (Fsp3) is 0.500. The molecular formula is C20H24N6O3. The van der Waals surface area contributed by atoms with Crippen molar-refractivity contribution < 1.29 is 14.4 Å². The van der Waals surface area contributed by atoms with E-state index in [1.54, 1.807) is 34.1 Å².